The topological polar surface area (TPSA) is 85.8 Å². The van der Waals surface area contributed by atoms with Gasteiger partial charge in [-0.1, -0.05) is 56.3 Å². The largest absolute Gasteiger partial charge is 0.382 e. The number of para-hydroxylation sites is 1. The fourth-order valence-corrected chi connectivity index (χ4v) is 4.31. The third-order valence-corrected chi connectivity index (χ3v) is 6.12. The lowest BCUT2D eigenvalue weighted by molar-refractivity contribution is -0.122. The number of aromatic nitrogens is 3. The van der Waals surface area contributed by atoms with Gasteiger partial charge in [0.25, 0.3) is 0 Å². The van der Waals surface area contributed by atoms with Crippen LogP contribution in [-0.4, -0.2) is 27.0 Å². The summed E-state index contributed by atoms with van der Waals surface area (Å²) >= 11 is 0. The SMILES string of the molecule is CC(C)Cc1ccc(C(C)C(=O)NCCCCn2cnc3c(N)nc4ccccc4c32)cc1. The van der Waals surface area contributed by atoms with Gasteiger partial charge in [-0.15, -0.1) is 0 Å². The predicted molar refractivity (Wildman–Crippen MR) is 135 cm³/mol. The number of benzene rings is 2. The number of carbonyl (C=O) groups is 1. The Labute approximate surface area is 195 Å². The van der Waals surface area contributed by atoms with Crippen LogP contribution in [0.2, 0.25) is 0 Å². The van der Waals surface area contributed by atoms with Crippen molar-refractivity contribution < 1.29 is 4.79 Å². The molecule has 0 saturated carbocycles. The lowest BCUT2D eigenvalue weighted by atomic mass is 9.96. The number of aryl methyl sites for hydroxylation is 1. The Morgan fingerprint density at radius 3 is 2.58 bits per heavy atom. The van der Waals surface area contributed by atoms with Crippen molar-refractivity contribution in [3.63, 3.8) is 0 Å². The molecule has 0 radical (unpaired) electrons. The molecule has 6 heteroatoms. The Morgan fingerprint density at radius 2 is 1.82 bits per heavy atom. The minimum absolute atomic E-state index is 0.0736. The van der Waals surface area contributed by atoms with Crippen LogP contribution in [0.3, 0.4) is 0 Å². The molecule has 1 atom stereocenters. The number of nitrogens with two attached hydrogens (primary N) is 1. The van der Waals surface area contributed by atoms with Gasteiger partial charge in [0.15, 0.2) is 5.82 Å². The van der Waals surface area contributed by atoms with Crippen LogP contribution in [-0.2, 0) is 17.8 Å². The van der Waals surface area contributed by atoms with E-state index < -0.39 is 0 Å². The summed E-state index contributed by atoms with van der Waals surface area (Å²) in [6.07, 6.45) is 4.72. The molecule has 0 saturated heterocycles. The third kappa shape index (κ3) is 5.16. The van der Waals surface area contributed by atoms with E-state index in [1.165, 1.54) is 5.56 Å². The molecule has 0 fully saturated rings. The number of carbonyl (C=O) groups excluding carboxylic acids is 1. The highest BCUT2D eigenvalue weighted by Gasteiger charge is 2.15. The molecule has 6 nitrogen and oxygen atoms in total. The molecule has 0 aliphatic carbocycles. The van der Waals surface area contributed by atoms with Gasteiger partial charge in [0.1, 0.15) is 5.52 Å². The second-order valence-corrected chi connectivity index (χ2v) is 9.21. The van der Waals surface area contributed by atoms with Crippen molar-refractivity contribution in [3.8, 4) is 0 Å². The summed E-state index contributed by atoms with van der Waals surface area (Å²) in [6.45, 7) is 7.87. The number of amides is 1. The molecule has 2 aromatic heterocycles. The number of fused-ring (bicyclic) bond motifs is 3. The van der Waals surface area contributed by atoms with E-state index in [9.17, 15) is 4.79 Å². The zero-order valence-corrected chi connectivity index (χ0v) is 19.7. The maximum Gasteiger partial charge on any atom is 0.227 e. The van der Waals surface area contributed by atoms with Gasteiger partial charge < -0.3 is 15.6 Å². The molecule has 33 heavy (non-hydrogen) atoms. The maximum atomic E-state index is 12.6. The lowest BCUT2D eigenvalue weighted by Gasteiger charge is -2.14. The van der Waals surface area contributed by atoms with Gasteiger partial charge in [0.2, 0.25) is 5.91 Å². The van der Waals surface area contributed by atoms with Crippen molar-refractivity contribution in [3.05, 3.63) is 66.0 Å². The van der Waals surface area contributed by atoms with Crippen LogP contribution in [0.4, 0.5) is 5.82 Å². The zero-order chi connectivity index (χ0) is 23.4. The van der Waals surface area contributed by atoms with E-state index in [2.05, 4.69) is 64.0 Å². The highest BCUT2D eigenvalue weighted by Crippen LogP contribution is 2.27. The van der Waals surface area contributed by atoms with Crippen molar-refractivity contribution in [2.45, 2.75) is 52.5 Å². The number of hydrogen-bond acceptors (Lipinski definition) is 4. The molecule has 172 valence electrons. The summed E-state index contributed by atoms with van der Waals surface area (Å²) < 4.78 is 2.14. The van der Waals surface area contributed by atoms with Crippen molar-refractivity contribution in [1.29, 1.82) is 0 Å². The third-order valence-electron chi connectivity index (χ3n) is 6.12. The number of nitrogen functional groups attached to an aromatic ring is 1. The Hall–Kier alpha value is -3.41. The first-order valence-electron chi connectivity index (χ1n) is 11.8. The molecule has 4 rings (SSSR count). The van der Waals surface area contributed by atoms with E-state index in [4.69, 9.17) is 5.73 Å². The summed E-state index contributed by atoms with van der Waals surface area (Å²) in [4.78, 5) is 21.5. The van der Waals surface area contributed by atoms with E-state index in [1.807, 2.05) is 31.5 Å². The smallest absolute Gasteiger partial charge is 0.227 e. The fourth-order valence-electron chi connectivity index (χ4n) is 4.31. The van der Waals surface area contributed by atoms with E-state index in [0.29, 0.717) is 18.3 Å². The second kappa shape index (κ2) is 10.0. The molecule has 0 aliphatic rings. The molecular weight excluding hydrogens is 410 g/mol. The average Bonchev–Trinajstić information content (AvgIpc) is 3.23. The van der Waals surface area contributed by atoms with Crippen molar-refractivity contribution >= 4 is 33.7 Å². The molecule has 0 bridgehead atoms. The normalized spacial score (nSPS) is 12.5. The second-order valence-electron chi connectivity index (χ2n) is 9.21. The lowest BCUT2D eigenvalue weighted by Crippen LogP contribution is -2.29. The van der Waals surface area contributed by atoms with E-state index >= 15 is 0 Å². The Morgan fingerprint density at radius 1 is 1.06 bits per heavy atom. The average molecular weight is 444 g/mol. The number of hydrogen-bond donors (Lipinski definition) is 2. The molecule has 1 unspecified atom stereocenters. The highest BCUT2D eigenvalue weighted by molar-refractivity contribution is 6.06. The molecule has 4 aromatic rings. The van der Waals surface area contributed by atoms with Crippen LogP contribution in [0.5, 0.6) is 0 Å². The van der Waals surface area contributed by atoms with E-state index in [0.717, 1.165) is 53.3 Å². The van der Waals surface area contributed by atoms with Crippen LogP contribution < -0.4 is 11.1 Å². The van der Waals surface area contributed by atoms with E-state index in [-0.39, 0.29) is 11.8 Å². The number of unbranched alkanes of at least 4 members (excludes halogenated alkanes) is 1. The number of anilines is 1. The number of nitrogens with zero attached hydrogens (tertiary/aromatic N) is 3. The molecule has 0 aliphatic heterocycles. The predicted octanol–water partition coefficient (Wildman–Crippen LogP) is 5.07. The minimum atomic E-state index is -0.155. The van der Waals surface area contributed by atoms with Crippen LogP contribution in [0.25, 0.3) is 21.9 Å². The number of rotatable bonds is 9. The fraction of sp³-hybridized carbons (Fsp3) is 0.370. The van der Waals surface area contributed by atoms with Crippen LogP contribution in [0.1, 0.15) is 50.7 Å². The number of pyridine rings is 1. The van der Waals surface area contributed by atoms with Gasteiger partial charge in [0, 0.05) is 18.5 Å². The molecular formula is C27H33N5O. The molecule has 1 amide bonds. The monoisotopic (exact) mass is 443 g/mol. The van der Waals surface area contributed by atoms with Crippen LogP contribution in [0.15, 0.2) is 54.9 Å². The summed E-state index contributed by atoms with van der Waals surface area (Å²) in [5.74, 6) is 1.01. The minimum Gasteiger partial charge on any atom is -0.382 e. The first-order valence-corrected chi connectivity index (χ1v) is 11.8. The zero-order valence-electron chi connectivity index (χ0n) is 19.7. The summed E-state index contributed by atoms with van der Waals surface area (Å²) in [7, 11) is 0. The van der Waals surface area contributed by atoms with Crippen molar-refractivity contribution in [2.24, 2.45) is 5.92 Å². The molecule has 0 spiro atoms. The molecule has 2 heterocycles. The van der Waals surface area contributed by atoms with Crippen LogP contribution in [0, 0.1) is 5.92 Å². The maximum absolute atomic E-state index is 12.6. The van der Waals surface area contributed by atoms with Gasteiger partial charge >= 0.3 is 0 Å². The summed E-state index contributed by atoms with van der Waals surface area (Å²) in [6, 6.07) is 16.4. The van der Waals surface area contributed by atoms with Gasteiger partial charge in [-0.05, 0) is 49.3 Å². The number of nitrogens with one attached hydrogen (secondary N) is 1. The van der Waals surface area contributed by atoms with Gasteiger partial charge in [-0.3, -0.25) is 4.79 Å². The standard InChI is InChI=1S/C27H33N5O/c1-18(2)16-20-10-12-21(13-11-20)19(3)27(33)29-14-6-7-15-32-17-30-24-25(32)22-8-4-5-9-23(22)31-26(24)28/h4-5,8-13,17-19H,6-7,14-16H2,1-3H3,(H2,28,31)(H,29,33). The Kier molecular flexibility index (Phi) is 6.92. The summed E-state index contributed by atoms with van der Waals surface area (Å²) in [5.41, 5.74) is 11.1. The molecule has 2 aromatic carbocycles. The number of imidazole rings is 1. The van der Waals surface area contributed by atoms with Gasteiger partial charge in [-0.25, -0.2) is 9.97 Å². The van der Waals surface area contributed by atoms with Crippen molar-refractivity contribution in [1.82, 2.24) is 19.9 Å². The summed E-state index contributed by atoms with van der Waals surface area (Å²) in [5, 5.41) is 4.15. The van der Waals surface area contributed by atoms with Gasteiger partial charge in [-0.2, -0.15) is 0 Å². The van der Waals surface area contributed by atoms with Crippen LogP contribution >= 0.6 is 0 Å². The quantitative estimate of drug-likeness (QED) is 0.354. The molecule has 3 N–H and O–H groups in total. The first-order chi connectivity index (χ1) is 15.9. The Bertz CT molecular complexity index is 1240. The van der Waals surface area contributed by atoms with Crippen molar-refractivity contribution in [2.75, 3.05) is 12.3 Å². The van der Waals surface area contributed by atoms with E-state index in [1.54, 1.807) is 0 Å². The highest BCUT2D eigenvalue weighted by atomic mass is 16.1. The van der Waals surface area contributed by atoms with Gasteiger partial charge in [0.05, 0.1) is 23.3 Å². The first kappa shape index (κ1) is 22.8. The Balaban J connectivity index is 1.30.